The molecular weight excluding hydrogens is 192 g/mol. The smallest absolute Gasteiger partial charge is 0.410 e. The molecule has 2 aliphatic rings. The summed E-state index contributed by atoms with van der Waals surface area (Å²) < 4.78 is 5.36. The molecule has 0 radical (unpaired) electrons. The fourth-order valence-corrected chi connectivity index (χ4v) is 2.05. The van der Waals surface area contributed by atoms with Crippen molar-refractivity contribution in [3.8, 4) is 0 Å². The van der Waals surface area contributed by atoms with Crippen molar-refractivity contribution < 1.29 is 9.53 Å². The molecule has 0 aliphatic carbocycles. The molecule has 2 atom stereocenters. The van der Waals surface area contributed by atoms with E-state index in [1.807, 2.05) is 33.0 Å². The lowest BCUT2D eigenvalue weighted by molar-refractivity contribution is 0.0253. The summed E-state index contributed by atoms with van der Waals surface area (Å²) in [5.41, 5.74) is -0.412. The number of fused-ring (bicyclic) bond motifs is 1. The quantitative estimate of drug-likeness (QED) is 0.658. The average Bonchev–Trinajstić information content (AvgIpc) is 2.57. The maximum Gasteiger partial charge on any atom is 0.410 e. The Bertz CT molecular complexity index is 293. The van der Waals surface area contributed by atoms with E-state index in [0.29, 0.717) is 6.04 Å². The number of amides is 1. The molecule has 84 valence electrons. The number of hydrogen-bond acceptors (Lipinski definition) is 3. The third kappa shape index (κ3) is 2.08. The predicted molar refractivity (Wildman–Crippen MR) is 57.4 cm³/mol. The minimum atomic E-state index is -0.412. The van der Waals surface area contributed by atoms with Crippen LogP contribution in [-0.2, 0) is 4.74 Å². The molecule has 15 heavy (non-hydrogen) atoms. The number of nitrogens with zero attached hydrogens (tertiary/aromatic N) is 1. The number of carbonyl (C=O) groups is 1. The van der Waals surface area contributed by atoms with Crippen LogP contribution in [0.15, 0.2) is 12.3 Å². The Hall–Kier alpha value is -1.19. The van der Waals surface area contributed by atoms with Gasteiger partial charge in [-0.15, -0.1) is 0 Å². The van der Waals surface area contributed by atoms with Crippen LogP contribution in [-0.4, -0.2) is 35.2 Å². The van der Waals surface area contributed by atoms with Gasteiger partial charge in [-0.2, -0.15) is 0 Å². The maximum absolute atomic E-state index is 11.8. The predicted octanol–water partition coefficient (Wildman–Crippen LogP) is 1.48. The highest BCUT2D eigenvalue weighted by atomic mass is 16.6. The summed E-state index contributed by atoms with van der Waals surface area (Å²) in [5.74, 6) is 0. The molecular formula is C11H18N2O2. The highest BCUT2D eigenvalue weighted by Gasteiger charge is 2.39. The Balaban J connectivity index is 1.99. The molecule has 1 saturated heterocycles. The summed E-state index contributed by atoms with van der Waals surface area (Å²) in [7, 11) is 0. The van der Waals surface area contributed by atoms with E-state index in [-0.39, 0.29) is 12.1 Å². The van der Waals surface area contributed by atoms with Crippen LogP contribution >= 0.6 is 0 Å². The van der Waals surface area contributed by atoms with E-state index in [1.165, 1.54) is 0 Å². The van der Waals surface area contributed by atoms with Gasteiger partial charge in [0.1, 0.15) is 5.60 Å². The zero-order chi connectivity index (χ0) is 11.1. The summed E-state index contributed by atoms with van der Waals surface area (Å²) >= 11 is 0. The Kier molecular flexibility index (Phi) is 2.37. The highest BCUT2D eigenvalue weighted by molar-refractivity contribution is 5.69. The molecule has 0 saturated carbocycles. The van der Waals surface area contributed by atoms with Crippen LogP contribution in [0.2, 0.25) is 0 Å². The van der Waals surface area contributed by atoms with Crippen LogP contribution in [0.3, 0.4) is 0 Å². The second-order valence-electron chi connectivity index (χ2n) is 5.09. The molecule has 0 aromatic rings. The van der Waals surface area contributed by atoms with Gasteiger partial charge in [0.2, 0.25) is 0 Å². The van der Waals surface area contributed by atoms with Crippen LogP contribution in [0, 0.1) is 0 Å². The van der Waals surface area contributed by atoms with Crippen LogP contribution in [0.25, 0.3) is 0 Å². The average molecular weight is 210 g/mol. The van der Waals surface area contributed by atoms with Gasteiger partial charge in [-0.1, -0.05) is 0 Å². The van der Waals surface area contributed by atoms with E-state index in [9.17, 15) is 4.79 Å². The third-order valence-electron chi connectivity index (χ3n) is 2.68. The van der Waals surface area contributed by atoms with Gasteiger partial charge in [0.05, 0.1) is 12.1 Å². The Labute approximate surface area is 90.3 Å². The molecule has 2 unspecified atom stereocenters. The summed E-state index contributed by atoms with van der Waals surface area (Å²) in [6.07, 6.45) is 4.74. The summed E-state index contributed by atoms with van der Waals surface area (Å²) in [4.78, 5) is 13.6. The standard InChI is InChI=1S/C11H18N2O2/c1-11(2,3)15-10(14)13-7-5-8-9(13)4-6-12-8/h4,6,8-9,12H,5,7H2,1-3H3. The molecule has 0 spiro atoms. The molecule has 2 heterocycles. The molecule has 1 amide bonds. The van der Waals surface area contributed by atoms with E-state index in [4.69, 9.17) is 4.74 Å². The lowest BCUT2D eigenvalue weighted by Crippen LogP contribution is -2.41. The van der Waals surface area contributed by atoms with Gasteiger partial charge in [-0.05, 0) is 39.5 Å². The number of likely N-dealkylation sites (tertiary alicyclic amines) is 1. The number of nitrogens with one attached hydrogen (secondary N) is 1. The molecule has 4 nitrogen and oxygen atoms in total. The lowest BCUT2D eigenvalue weighted by Gasteiger charge is -2.27. The minimum absolute atomic E-state index is 0.180. The Morgan fingerprint density at radius 3 is 2.93 bits per heavy atom. The van der Waals surface area contributed by atoms with Crippen molar-refractivity contribution in [2.75, 3.05) is 6.54 Å². The first kappa shape index (κ1) is 10.3. The van der Waals surface area contributed by atoms with Crippen LogP contribution < -0.4 is 5.32 Å². The first-order valence-electron chi connectivity index (χ1n) is 5.40. The maximum atomic E-state index is 11.8. The van der Waals surface area contributed by atoms with Crippen molar-refractivity contribution in [3.05, 3.63) is 12.3 Å². The number of ether oxygens (including phenoxy) is 1. The summed E-state index contributed by atoms with van der Waals surface area (Å²) in [6.45, 7) is 6.45. The summed E-state index contributed by atoms with van der Waals surface area (Å²) in [6, 6.07) is 0.567. The molecule has 1 N–H and O–H groups in total. The molecule has 1 fully saturated rings. The van der Waals surface area contributed by atoms with Gasteiger partial charge in [0, 0.05) is 6.54 Å². The Morgan fingerprint density at radius 2 is 2.27 bits per heavy atom. The molecule has 2 rings (SSSR count). The normalized spacial score (nSPS) is 28.9. The zero-order valence-corrected chi connectivity index (χ0v) is 9.49. The van der Waals surface area contributed by atoms with Gasteiger partial charge in [-0.3, -0.25) is 4.90 Å². The van der Waals surface area contributed by atoms with Crippen molar-refractivity contribution >= 4 is 6.09 Å². The van der Waals surface area contributed by atoms with Gasteiger partial charge in [-0.25, -0.2) is 4.79 Å². The fourth-order valence-electron chi connectivity index (χ4n) is 2.05. The molecule has 0 aromatic heterocycles. The van der Waals surface area contributed by atoms with Crippen LogP contribution in [0.4, 0.5) is 4.79 Å². The molecule has 0 bridgehead atoms. The molecule has 0 aromatic carbocycles. The lowest BCUT2D eigenvalue weighted by atomic mass is 10.2. The first-order valence-corrected chi connectivity index (χ1v) is 5.40. The first-order chi connectivity index (χ1) is 6.97. The number of rotatable bonds is 0. The number of carbonyl (C=O) groups excluding carboxylic acids is 1. The minimum Gasteiger partial charge on any atom is -0.444 e. The number of hydrogen-bond donors (Lipinski definition) is 1. The van der Waals surface area contributed by atoms with Crippen molar-refractivity contribution in [2.24, 2.45) is 0 Å². The van der Waals surface area contributed by atoms with Gasteiger partial charge in [0.25, 0.3) is 0 Å². The highest BCUT2D eigenvalue weighted by Crippen LogP contribution is 2.24. The van der Waals surface area contributed by atoms with Gasteiger partial charge < -0.3 is 10.1 Å². The second-order valence-corrected chi connectivity index (χ2v) is 5.09. The van der Waals surface area contributed by atoms with Crippen molar-refractivity contribution in [2.45, 2.75) is 44.9 Å². The SMILES string of the molecule is CC(C)(C)OC(=O)N1CCC2NC=CC21. The topological polar surface area (TPSA) is 41.6 Å². The third-order valence-corrected chi connectivity index (χ3v) is 2.68. The zero-order valence-electron chi connectivity index (χ0n) is 9.49. The second kappa shape index (κ2) is 3.43. The van der Waals surface area contributed by atoms with Gasteiger partial charge in [0.15, 0.2) is 0 Å². The van der Waals surface area contributed by atoms with E-state index in [1.54, 1.807) is 4.90 Å². The molecule has 4 heteroatoms. The fraction of sp³-hybridized carbons (Fsp3) is 0.727. The van der Waals surface area contributed by atoms with Crippen molar-refractivity contribution in [3.63, 3.8) is 0 Å². The van der Waals surface area contributed by atoms with E-state index < -0.39 is 5.60 Å². The van der Waals surface area contributed by atoms with Gasteiger partial charge >= 0.3 is 6.09 Å². The van der Waals surface area contributed by atoms with Crippen LogP contribution in [0.1, 0.15) is 27.2 Å². The monoisotopic (exact) mass is 210 g/mol. The van der Waals surface area contributed by atoms with Crippen molar-refractivity contribution in [1.29, 1.82) is 0 Å². The van der Waals surface area contributed by atoms with E-state index >= 15 is 0 Å². The van der Waals surface area contributed by atoms with E-state index in [0.717, 1.165) is 13.0 Å². The Morgan fingerprint density at radius 1 is 1.53 bits per heavy atom. The van der Waals surface area contributed by atoms with E-state index in [2.05, 4.69) is 5.32 Å². The van der Waals surface area contributed by atoms with Crippen molar-refractivity contribution in [1.82, 2.24) is 10.2 Å². The molecule has 2 aliphatic heterocycles. The van der Waals surface area contributed by atoms with Crippen LogP contribution in [0.5, 0.6) is 0 Å². The largest absolute Gasteiger partial charge is 0.444 e. The summed E-state index contributed by atoms with van der Waals surface area (Å²) in [5, 5.41) is 3.24.